The third-order valence-corrected chi connectivity index (χ3v) is 3.80. The number of ether oxygens (including phenoxy) is 2. The molecule has 0 heterocycles. The number of amides is 1. The summed E-state index contributed by atoms with van der Waals surface area (Å²) in [4.78, 5) is 14.0. The van der Waals surface area contributed by atoms with Crippen molar-refractivity contribution in [2.75, 3.05) is 21.3 Å². The molecule has 0 fully saturated rings. The first-order chi connectivity index (χ1) is 9.81. The van der Waals surface area contributed by atoms with Gasteiger partial charge in [-0.05, 0) is 37.1 Å². The Hall–Kier alpha value is -1.46. The molecule has 126 valence electrons. The normalized spacial score (nSPS) is 12.9. The summed E-state index contributed by atoms with van der Waals surface area (Å²) in [5.74, 6) is 1.20. The van der Waals surface area contributed by atoms with Crippen molar-refractivity contribution < 1.29 is 14.3 Å². The second kappa shape index (κ2) is 8.86. The molecule has 0 bridgehead atoms. The number of nitrogens with zero attached hydrogens (tertiary/aromatic N) is 1. The van der Waals surface area contributed by atoms with Crippen molar-refractivity contribution in [2.45, 2.75) is 33.4 Å². The first-order valence-corrected chi connectivity index (χ1v) is 7.03. The quantitative estimate of drug-likeness (QED) is 0.869. The SMILES string of the molecule is COc1cc(C)c(CN(C)C(=O)C(C)C(C)N)cc1OC.Cl. The van der Waals surface area contributed by atoms with Gasteiger partial charge in [-0.15, -0.1) is 12.4 Å². The molecule has 6 heteroatoms. The second-order valence-corrected chi connectivity index (χ2v) is 5.48. The molecule has 2 N–H and O–H groups in total. The molecule has 1 amide bonds. The van der Waals surface area contributed by atoms with Gasteiger partial charge < -0.3 is 20.1 Å². The highest BCUT2D eigenvalue weighted by Crippen LogP contribution is 2.30. The van der Waals surface area contributed by atoms with E-state index in [1.54, 1.807) is 26.2 Å². The Labute approximate surface area is 139 Å². The predicted molar refractivity (Wildman–Crippen MR) is 90.8 cm³/mol. The molecular formula is C16H27ClN2O3. The Balaban J connectivity index is 0.00000441. The minimum Gasteiger partial charge on any atom is -0.493 e. The summed E-state index contributed by atoms with van der Waals surface area (Å²) in [6.07, 6.45) is 0. The summed E-state index contributed by atoms with van der Waals surface area (Å²) in [6.45, 7) is 6.20. The number of benzene rings is 1. The van der Waals surface area contributed by atoms with Gasteiger partial charge in [-0.2, -0.15) is 0 Å². The fraction of sp³-hybridized carbons (Fsp3) is 0.562. The van der Waals surface area contributed by atoms with Gasteiger partial charge in [0.05, 0.1) is 20.1 Å². The number of halogens is 1. The van der Waals surface area contributed by atoms with Crippen LogP contribution >= 0.6 is 12.4 Å². The van der Waals surface area contributed by atoms with E-state index >= 15 is 0 Å². The Morgan fingerprint density at radius 3 is 2.18 bits per heavy atom. The van der Waals surface area contributed by atoms with Crippen LogP contribution in [0.15, 0.2) is 12.1 Å². The van der Waals surface area contributed by atoms with Crippen molar-refractivity contribution in [3.8, 4) is 11.5 Å². The summed E-state index contributed by atoms with van der Waals surface area (Å²) >= 11 is 0. The number of nitrogens with two attached hydrogens (primary N) is 1. The lowest BCUT2D eigenvalue weighted by molar-refractivity contribution is -0.134. The molecule has 0 aliphatic rings. The van der Waals surface area contributed by atoms with E-state index in [0.29, 0.717) is 18.0 Å². The van der Waals surface area contributed by atoms with Crippen LogP contribution in [0.4, 0.5) is 0 Å². The Morgan fingerprint density at radius 2 is 1.73 bits per heavy atom. The molecule has 2 atom stereocenters. The van der Waals surface area contributed by atoms with Gasteiger partial charge in [-0.25, -0.2) is 0 Å². The van der Waals surface area contributed by atoms with Crippen molar-refractivity contribution in [3.05, 3.63) is 23.3 Å². The molecule has 1 aromatic rings. The van der Waals surface area contributed by atoms with E-state index in [0.717, 1.165) is 11.1 Å². The summed E-state index contributed by atoms with van der Waals surface area (Å²) in [6, 6.07) is 3.67. The van der Waals surface area contributed by atoms with Gasteiger partial charge >= 0.3 is 0 Å². The molecule has 0 saturated carbocycles. The molecule has 2 unspecified atom stereocenters. The van der Waals surface area contributed by atoms with E-state index in [2.05, 4.69) is 0 Å². The topological polar surface area (TPSA) is 64.8 Å². The average Bonchev–Trinajstić information content (AvgIpc) is 2.46. The van der Waals surface area contributed by atoms with Gasteiger partial charge in [-0.3, -0.25) is 4.79 Å². The summed E-state index contributed by atoms with van der Waals surface area (Å²) in [7, 11) is 5.00. The van der Waals surface area contributed by atoms with E-state index < -0.39 is 0 Å². The fourth-order valence-electron chi connectivity index (χ4n) is 2.10. The zero-order valence-corrected chi connectivity index (χ0v) is 15.0. The van der Waals surface area contributed by atoms with Gasteiger partial charge in [0.1, 0.15) is 0 Å². The van der Waals surface area contributed by atoms with E-state index in [9.17, 15) is 4.79 Å². The molecule has 22 heavy (non-hydrogen) atoms. The highest BCUT2D eigenvalue weighted by Gasteiger charge is 2.21. The lowest BCUT2D eigenvalue weighted by atomic mass is 10.0. The van der Waals surface area contributed by atoms with Gasteiger partial charge in [0.15, 0.2) is 11.5 Å². The molecular weight excluding hydrogens is 304 g/mol. The summed E-state index contributed by atoms with van der Waals surface area (Å²) < 4.78 is 10.6. The Kier molecular flexibility index (Phi) is 8.27. The van der Waals surface area contributed by atoms with E-state index in [1.807, 2.05) is 32.9 Å². The van der Waals surface area contributed by atoms with E-state index in [4.69, 9.17) is 15.2 Å². The number of methoxy groups -OCH3 is 2. The molecule has 0 aliphatic heterocycles. The van der Waals surface area contributed by atoms with Gasteiger partial charge in [0, 0.05) is 19.6 Å². The average molecular weight is 331 g/mol. The van der Waals surface area contributed by atoms with Crippen LogP contribution in [0, 0.1) is 12.8 Å². The van der Waals surface area contributed by atoms with E-state index in [-0.39, 0.29) is 30.3 Å². The second-order valence-electron chi connectivity index (χ2n) is 5.48. The van der Waals surface area contributed by atoms with Crippen LogP contribution in [-0.2, 0) is 11.3 Å². The Bertz CT molecular complexity index is 506. The number of carbonyl (C=O) groups is 1. The van der Waals surface area contributed by atoms with Crippen LogP contribution in [0.2, 0.25) is 0 Å². The number of hydrogen-bond donors (Lipinski definition) is 1. The lowest BCUT2D eigenvalue weighted by Gasteiger charge is -2.24. The van der Waals surface area contributed by atoms with Crippen LogP contribution in [0.25, 0.3) is 0 Å². The largest absolute Gasteiger partial charge is 0.493 e. The standard InChI is InChI=1S/C16H26N2O3.ClH/c1-10-7-14(20-5)15(21-6)8-13(10)9-18(4)16(19)11(2)12(3)17;/h7-8,11-12H,9,17H2,1-6H3;1H. The van der Waals surface area contributed by atoms with Crippen molar-refractivity contribution in [1.82, 2.24) is 4.90 Å². The first kappa shape index (κ1) is 20.5. The first-order valence-electron chi connectivity index (χ1n) is 7.03. The Morgan fingerprint density at radius 1 is 1.23 bits per heavy atom. The maximum atomic E-state index is 12.3. The molecule has 0 saturated heterocycles. The number of hydrogen-bond acceptors (Lipinski definition) is 4. The van der Waals surface area contributed by atoms with Crippen LogP contribution in [0.3, 0.4) is 0 Å². The van der Waals surface area contributed by atoms with Crippen molar-refractivity contribution >= 4 is 18.3 Å². The number of rotatable bonds is 6. The van der Waals surface area contributed by atoms with Crippen LogP contribution in [-0.4, -0.2) is 38.1 Å². The number of aryl methyl sites for hydroxylation is 1. The number of carbonyl (C=O) groups excluding carboxylic acids is 1. The van der Waals surface area contributed by atoms with Gasteiger partial charge in [0.25, 0.3) is 0 Å². The van der Waals surface area contributed by atoms with Crippen molar-refractivity contribution in [3.63, 3.8) is 0 Å². The molecule has 5 nitrogen and oxygen atoms in total. The maximum Gasteiger partial charge on any atom is 0.226 e. The predicted octanol–water partition coefficient (Wildman–Crippen LogP) is 2.38. The smallest absolute Gasteiger partial charge is 0.226 e. The van der Waals surface area contributed by atoms with Crippen molar-refractivity contribution in [2.24, 2.45) is 11.7 Å². The molecule has 1 aromatic carbocycles. The zero-order chi connectivity index (χ0) is 16.2. The highest BCUT2D eigenvalue weighted by molar-refractivity contribution is 5.85. The molecule has 0 spiro atoms. The van der Waals surface area contributed by atoms with E-state index in [1.165, 1.54) is 0 Å². The van der Waals surface area contributed by atoms with Crippen LogP contribution in [0.5, 0.6) is 11.5 Å². The third-order valence-electron chi connectivity index (χ3n) is 3.80. The molecule has 0 radical (unpaired) electrons. The minimum atomic E-state index is -0.199. The fourth-order valence-corrected chi connectivity index (χ4v) is 2.10. The van der Waals surface area contributed by atoms with Gasteiger partial charge in [0.2, 0.25) is 5.91 Å². The third kappa shape index (κ3) is 4.78. The summed E-state index contributed by atoms with van der Waals surface area (Å²) in [5, 5.41) is 0. The maximum absolute atomic E-state index is 12.3. The van der Waals surface area contributed by atoms with Gasteiger partial charge in [-0.1, -0.05) is 6.92 Å². The lowest BCUT2D eigenvalue weighted by Crippen LogP contribution is -2.39. The minimum absolute atomic E-state index is 0. The zero-order valence-electron chi connectivity index (χ0n) is 14.2. The highest BCUT2D eigenvalue weighted by atomic mass is 35.5. The summed E-state index contributed by atoms with van der Waals surface area (Å²) in [5.41, 5.74) is 7.88. The van der Waals surface area contributed by atoms with Crippen LogP contribution in [0.1, 0.15) is 25.0 Å². The molecule has 0 aliphatic carbocycles. The molecule has 1 rings (SSSR count). The monoisotopic (exact) mass is 330 g/mol. The van der Waals surface area contributed by atoms with Crippen LogP contribution < -0.4 is 15.2 Å². The molecule has 0 aromatic heterocycles. The van der Waals surface area contributed by atoms with Crippen molar-refractivity contribution in [1.29, 1.82) is 0 Å².